The van der Waals surface area contributed by atoms with Crippen LogP contribution < -0.4 is 0 Å². The standard InChI is InChI=1S/2C18H36O2.C12H24/c2*1-2-3-4-5-6-7-8-9-10-11-12-13-14-15-16-17-18(19)20;1-3-5-7-9-11-12-10-8-6-4-2/h2*2-17H2,1H3,(H,19,20);3H,1,4-12H2,2H3. The van der Waals surface area contributed by atoms with E-state index in [-0.39, 0.29) is 0 Å². The molecule has 0 atom stereocenters. The number of allylic oxidation sites excluding steroid dienone is 1. The Bertz CT molecular complexity index is 617. The number of carboxylic acid groups (broad SMARTS) is 2. The molecule has 52 heavy (non-hydrogen) atoms. The maximum Gasteiger partial charge on any atom is 0.303 e. The second kappa shape index (κ2) is 54.0. The van der Waals surface area contributed by atoms with Crippen molar-refractivity contribution in [1.82, 2.24) is 0 Å². The van der Waals surface area contributed by atoms with Gasteiger partial charge in [0.15, 0.2) is 0 Å². The van der Waals surface area contributed by atoms with Crippen molar-refractivity contribution in [3.8, 4) is 0 Å². The van der Waals surface area contributed by atoms with E-state index < -0.39 is 11.9 Å². The average molecular weight is 737 g/mol. The molecule has 0 aromatic rings. The Morgan fingerprint density at radius 1 is 0.327 bits per heavy atom. The molecule has 2 N–H and O–H groups in total. The van der Waals surface area contributed by atoms with Crippen LogP contribution in [0.2, 0.25) is 0 Å². The number of rotatable bonds is 41. The van der Waals surface area contributed by atoms with Gasteiger partial charge in [0.25, 0.3) is 0 Å². The number of hydrogen-bond donors (Lipinski definition) is 2. The molecule has 0 aliphatic rings. The van der Waals surface area contributed by atoms with Gasteiger partial charge in [-0.2, -0.15) is 0 Å². The molecule has 312 valence electrons. The minimum atomic E-state index is -0.653. The van der Waals surface area contributed by atoms with Crippen LogP contribution in [0.25, 0.3) is 0 Å². The molecule has 0 rings (SSSR count). The fraction of sp³-hybridized carbons (Fsp3) is 0.917. The monoisotopic (exact) mass is 737 g/mol. The highest BCUT2D eigenvalue weighted by Crippen LogP contribution is 2.15. The van der Waals surface area contributed by atoms with Crippen molar-refractivity contribution in [3.05, 3.63) is 12.7 Å². The van der Waals surface area contributed by atoms with Crippen molar-refractivity contribution in [2.75, 3.05) is 0 Å². The molecular formula is C48H96O4. The number of unbranched alkanes of at least 4 members (excludes halogenated alkanes) is 36. The summed E-state index contributed by atoms with van der Waals surface area (Å²) in [6.45, 7) is 10.5. The Morgan fingerprint density at radius 3 is 0.673 bits per heavy atom. The summed E-state index contributed by atoms with van der Waals surface area (Å²) in [5.74, 6) is -1.31. The van der Waals surface area contributed by atoms with E-state index in [1.54, 1.807) is 0 Å². The van der Waals surface area contributed by atoms with Crippen LogP contribution >= 0.6 is 0 Å². The van der Waals surface area contributed by atoms with Crippen LogP contribution in [-0.2, 0) is 9.59 Å². The summed E-state index contributed by atoms with van der Waals surface area (Å²) in [5, 5.41) is 17.0. The highest BCUT2D eigenvalue weighted by molar-refractivity contribution is 5.66. The van der Waals surface area contributed by atoms with E-state index in [0.717, 1.165) is 25.7 Å². The lowest BCUT2D eigenvalue weighted by Crippen LogP contribution is -1.93. The van der Waals surface area contributed by atoms with Crippen molar-refractivity contribution < 1.29 is 19.8 Å². The Hall–Kier alpha value is -1.32. The van der Waals surface area contributed by atoms with E-state index in [0.29, 0.717) is 12.8 Å². The van der Waals surface area contributed by atoms with Crippen LogP contribution in [0.3, 0.4) is 0 Å². The molecule has 0 bridgehead atoms. The van der Waals surface area contributed by atoms with Crippen molar-refractivity contribution in [3.63, 3.8) is 0 Å². The van der Waals surface area contributed by atoms with Gasteiger partial charge in [0.2, 0.25) is 0 Å². The SMILES string of the molecule is C=CCCCCCCCCCC.CCCCCCCCCCCCCCCCCC(=O)O.CCCCCCCCCCCCCCCCCC(=O)O. The molecule has 0 amide bonds. The summed E-state index contributed by atoms with van der Waals surface area (Å²) in [7, 11) is 0. The molecule has 0 heterocycles. The fourth-order valence-corrected chi connectivity index (χ4v) is 6.72. The zero-order valence-electron chi connectivity index (χ0n) is 36.0. The highest BCUT2D eigenvalue weighted by atomic mass is 16.4. The van der Waals surface area contributed by atoms with Crippen LogP contribution in [0.5, 0.6) is 0 Å². The van der Waals surface area contributed by atoms with Gasteiger partial charge in [-0.05, 0) is 25.7 Å². The maximum atomic E-state index is 10.3. The van der Waals surface area contributed by atoms with E-state index in [2.05, 4.69) is 27.4 Å². The molecule has 0 unspecified atom stereocenters. The van der Waals surface area contributed by atoms with Gasteiger partial charge in [0, 0.05) is 12.8 Å². The van der Waals surface area contributed by atoms with Gasteiger partial charge in [-0.25, -0.2) is 0 Å². The van der Waals surface area contributed by atoms with Gasteiger partial charge in [-0.15, -0.1) is 6.58 Å². The van der Waals surface area contributed by atoms with Gasteiger partial charge in [0.05, 0.1) is 0 Å². The first-order valence-corrected chi connectivity index (χ1v) is 23.5. The molecule has 4 heteroatoms. The quantitative estimate of drug-likeness (QED) is 0.0484. The molecule has 0 aliphatic carbocycles. The van der Waals surface area contributed by atoms with Crippen LogP contribution in [-0.4, -0.2) is 22.2 Å². The van der Waals surface area contributed by atoms with E-state index in [1.165, 1.54) is 225 Å². The Labute approximate surface area is 327 Å². The number of aliphatic carboxylic acids is 2. The molecule has 0 radical (unpaired) electrons. The van der Waals surface area contributed by atoms with Crippen molar-refractivity contribution in [2.24, 2.45) is 0 Å². The lowest BCUT2D eigenvalue weighted by Gasteiger charge is -2.03. The number of carbonyl (C=O) groups is 2. The third-order valence-corrected chi connectivity index (χ3v) is 10.3. The van der Waals surface area contributed by atoms with Gasteiger partial charge < -0.3 is 10.2 Å². The molecule has 0 saturated heterocycles. The summed E-state index contributed by atoms with van der Waals surface area (Å²) in [6, 6.07) is 0. The molecule has 0 fully saturated rings. The van der Waals surface area contributed by atoms with E-state index in [4.69, 9.17) is 10.2 Å². The zero-order chi connectivity index (χ0) is 38.9. The molecule has 0 spiro atoms. The molecule has 0 aromatic heterocycles. The summed E-state index contributed by atoms with van der Waals surface area (Å²) in [6.07, 6.45) is 54.9. The second-order valence-corrected chi connectivity index (χ2v) is 15.7. The van der Waals surface area contributed by atoms with Crippen LogP contribution in [0.15, 0.2) is 12.7 Å². The lowest BCUT2D eigenvalue weighted by atomic mass is 10.0. The third kappa shape index (κ3) is 63.7. The van der Waals surface area contributed by atoms with Crippen molar-refractivity contribution >= 4 is 11.9 Å². The first-order valence-electron chi connectivity index (χ1n) is 23.5. The largest absolute Gasteiger partial charge is 0.481 e. The Kier molecular flexibility index (Phi) is 57.2. The summed E-state index contributed by atoms with van der Waals surface area (Å²) >= 11 is 0. The third-order valence-electron chi connectivity index (χ3n) is 10.3. The maximum absolute atomic E-state index is 10.3. The van der Waals surface area contributed by atoms with E-state index >= 15 is 0 Å². The molecule has 0 aliphatic heterocycles. The molecular weight excluding hydrogens is 641 g/mol. The number of carboxylic acids is 2. The minimum absolute atomic E-state index is 0.345. The molecule has 0 aromatic carbocycles. The Morgan fingerprint density at radius 2 is 0.500 bits per heavy atom. The smallest absolute Gasteiger partial charge is 0.303 e. The van der Waals surface area contributed by atoms with Crippen molar-refractivity contribution in [1.29, 1.82) is 0 Å². The van der Waals surface area contributed by atoms with E-state index in [1.807, 2.05) is 6.08 Å². The van der Waals surface area contributed by atoms with Crippen molar-refractivity contribution in [2.45, 2.75) is 284 Å². The van der Waals surface area contributed by atoms with Crippen LogP contribution in [0.1, 0.15) is 284 Å². The van der Waals surface area contributed by atoms with Gasteiger partial charge in [-0.1, -0.05) is 252 Å². The predicted octanol–water partition coefficient (Wildman–Crippen LogP) is 17.4. The van der Waals surface area contributed by atoms with E-state index in [9.17, 15) is 9.59 Å². The predicted molar refractivity (Wildman–Crippen MR) is 232 cm³/mol. The first kappa shape index (κ1) is 55.0. The van der Waals surface area contributed by atoms with Gasteiger partial charge >= 0.3 is 11.9 Å². The Balaban J connectivity index is -0.000000717. The normalized spacial score (nSPS) is 10.7. The lowest BCUT2D eigenvalue weighted by molar-refractivity contribution is -0.138. The summed E-state index contributed by atoms with van der Waals surface area (Å²) in [5.41, 5.74) is 0. The summed E-state index contributed by atoms with van der Waals surface area (Å²) < 4.78 is 0. The zero-order valence-corrected chi connectivity index (χ0v) is 36.0. The first-order chi connectivity index (χ1) is 25.5. The van der Waals surface area contributed by atoms with Gasteiger partial charge in [-0.3, -0.25) is 9.59 Å². The van der Waals surface area contributed by atoms with Crippen LogP contribution in [0.4, 0.5) is 0 Å². The second-order valence-electron chi connectivity index (χ2n) is 15.7. The highest BCUT2D eigenvalue weighted by Gasteiger charge is 1.99. The summed E-state index contributed by atoms with van der Waals surface area (Å²) in [4.78, 5) is 20.7. The fourth-order valence-electron chi connectivity index (χ4n) is 6.72. The van der Waals surface area contributed by atoms with Crippen LogP contribution in [0, 0.1) is 0 Å². The molecule has 4 nitrogen and oxygen atoms in total. The van der Waals surface area contributed by atoms with Gasteiger partial charge in [0.1, 0.15) is 0 Å². The number of hydrogen-bond acceptors (Lipinski definition) is 2. The molecule has 0 saturated carbocycles. The minimum Gasteiger partial charge on any atom is -0.481 e. The topological polar surface area (TPSA) is 74.6 Å². The average Bonchev–Trinajstić information content (AvgIpc) is 3.13.